The van der Waals surface area contributed by atoms with Crippen molar-refractivity contribution in [1.29, 1.82) is 0 Å². The highest BCUT2D eigenvalue weighted by molar-refractivity contribution is 14.1. The van der Waals surface area contributed by atoms with Gasteiger partial charge in [0.2, 0.25) is 11.8 Å². The van der Waals surface area contributed by atoms with Gasteiger partial charge in [0.1, 0.15) is 0 Å². The van der Waals surface area contributed by atoms with Crippen molar-refractivity contribution in [1.82, 2.24) is 9.80 Å². The largest absolute Gasteiger partial charge is 0.339 e. The minimum absolute atomic E-state index is 0.0987. The van der Waals surface area contributed by atoms with Crippen LogP contribution in [0.3, 0.4) is 0 Å². The van der Waals surface area contributed by atoms with Gasteiger partial charge in [0.05, 0.1) is 4.43 Å². The maximum absolute atomic E-state index is 11.3. The zero-order valence-corrected chi connectivity index (χ0v) is 9.78. The van der Waals surface area contributed by atoms with E-state index in [4.69, 9.17) is 0 Å². The van der Waals surface area contributed by atoms with E-state index in [1.54, 1.807) is 11.8 Å². The van der Waals surface area contributed by atoms with E-state index in [-0.39, 0.29) is 11.8 Å². The molecule has 2 amide bonds. The summed E-state index contributed by atoms with van der Waals surface area (Å²) >= 11 is 2.06. The lowest BCUT2D eigenvalue weighted by Crippen LogP contribution is -2.50. The monoisotopic (exact) mass is 296 g/mol. The summed E-state index contributed by atoms with van der Waals surface area (Å²) in [6.07, 6.45) is 0. The van der Waals surface area contributed by atoms with Crippen LogP contribution in [0.4, 0.5) is 0 Å². The number of nitrogens with zero attached hydrogens (tertiary/aromatic N) is 2. The number of rotatable bonds is 1. The first-order valence-corrected chi connectivity index (χ1v) is 5.77. The van der Waals surface area contributed by atoms with E-state index in [2.05, 4.69) is 22.6 Å². The van der Waals surface area contributed by atoms with Crippen LogP contribution in [0.2, 0.25) is 0 Å². The zero-order chi connectivity index (χ0) is 9.84. The Hall–Kier alpha value is -0.330. The molecule has 0 atom stereocenters. The van der Waals surface area contributed by atoms with Crippen LogP contribution in [-0.4, -0.2) is 52.2 Å². The Kier molecular flexibility index (Phi) is 3.95. The minimum Gasteiger partial charge on any atom is -0.339 e. The number of hydrogen-bond donors (Lipinski definition) is 0. The van der Waals surface area contributed by atoms with Crippen molar-refractivity contribution >= 4 is 34.4 Å². The van der Waals surface area contributed by atoms with Gasteiger partial charge in [0.25, 0.3) is 0 Å². The Labute approximate surface area is 91.4 Å². The lowest BCUT2D eigenvalue weighted by atomic mass is 10.3. The van der Waals surface area contributed by atoms with Crippen molar-refractivity contribution in [2.24, 2.45) is 0 Å². The van der Waals surface area contributed by atoms with Crippen LogP contribution >= 0.6 is 22.6 Å². The van der Waals surface area contributed by atoms with Gasteiger partial charge in [-0.1, -0.05) is 22.6 Å². The molecule has 0 saturated carbocycles. The van der Waals surface area contributed by atoms with Crippen molar-refractivity contribution in [3.05, 3.63) is 0 Å². The minimum atomic E-state index is 0.0987. The van der Waals surface area contributed by atoms with Crippen LogP contribution in [0.15, 0.2) is 0 Å². The molecule has 74 valence electrons. The molecule has 1 rings (SSSR count). The molecule has 1 aliphatic heterocycles. The number of alkyl halides is 1. The number of carbonyl (C=O) groups is 2. The first kappa shape index (κ1) is 10.7. The number of amides is 2. The Morgan fingerprint density at radius 1 is 1.15 bits per heavy atom. The van der Waals surface area contributed by atoms with E-state index >= 15 is 0 Å². The molecule has 0 aliphatic carbocycles. The van der Waals surface area contributed by atoms with Gasteiger partial charge in [-0.3, -0.25) is 9.59 Å². The maximum atomic E-state index is 11.3. The van der Waals surface area contributed by atoms with Crippen molar-refractivity contribution in [2.45, 2.75) is 6.92 Å². The van der Waals surface area contributed by atoms with Crippen LogP contribution in [-0.2, 0) is 9.59 Å². The van der Waals surface area contributed by atoms with Crippen LogP contribution in [0, 0.1) is 0 Å². The lowest BCUT2D eigenvalue weighted by Gasteiger charge is -2.33. The number of halogens is 1. The maximum Gasteiger partial charge on any atom is 0.232 e. The second-order valence-electron chi connectivity index (χ2n) is 3.02. The van der Waals surface area contributed by atoms with Gasteiger partial charge in [-0.25, -0.2) is 0 Å². The summed E-state index contributed by atoms with van der Waals surface area (Å²) in [5.74, 6) is 0.269. The van der Waals surface area contributed by atoms with Crippen molar-refractivity contribution in [3.8, 4) is 0 Å². The average Bonchev–Trinajstić information content (AvgIpc) is 2.17. The molecule has 0 N–H and O–H groups in total. The molecule has 0 radical (unpaired) electrons. The first-order chi connectivity index (χ1) is 6.15. The number of piperazine rings is 1. The highest BCUT2D eigenvalue weighted by atomic mass is 127. The molecule has 0 unspecified atom stereocenters. The van der Waals surface area contributed by atoms with E-state index in [1.807, 2.05) is 4.90 Å². The molecule has 0 bridgehead atoms. The Morgan fingerprint density at radius 3 is 2.00 bits per heavy atom. The van der Waals surface area contributed by atoms with Gasteiger partial charge in [-0.2, -0.15) is 0 Å². The summed E-state index contributed by atoms with van der Waals surface area (Å²) in [5, 5.41) is 0. The summed E-state index contributed by atoms with van der Waals surface area (Å²) in [4.78, 5) is 25.8. The van der Waals surface area contributed by atoms with E-state index in [0.717, 1.165) is 0 Å². The molecule has 1 heterocycles. The van der Waals surface area contributed by atoms with Gasteiger partial charge in [0, 0.05) is 33.1 Å². The van der Waals surface area contributed by atoms with Gasteiger partial charge in [-0.05, 0) is 0 Å². The third kappa shape index (κ3) is 2.82. The molecule has 1 fully saturated rings. The van der Waals surface area contributed by atoms with Crippen molar-refractivity contribution < 1.29 is 9.59 Å². The van der Waals surface area contributed by atoms with E-state index in [0.29, 0.717) is 30.6 Å². The normalized spacial score (nSPS) is 17.4. The van der Waals surface area contributed by atoms with Crippen LogP contribution in [0.5, 0.6) is 0 Å². The molecule has 0 aromatic carbocycles. The quantitative estimate of drug-likeness (QED) is 0.509. The van der Waals surface area contributed by atoms with Crippen LogP contribution < -0.4 is 0 Å². The average molecular weight is 296 g/mol. The summed E-state index contributed by atoms with van der Waals surface area (Å²) in [7, 11) is 0. The van der Waals surface area contributed by atoms with Gasteiger partial charge < -0.3 is 9.80 Å². The standard InChI is InChI=1S/C8H13IN2O2/c1-7(12)10-2-4-11(5-3-10)8(13)6-9/h2-6H2,1H3. The second kappa shape index (κ2) is 4.78. The molecule has 1 aliphatic rings. The Balaban J connectivity index is 2.39. The number of carbonyl (C=O) groups excluding carboxylic acids is 2. The van der Waals surface area contributed by atoms with Gasteiger partial charge in [0.15, 0.2) is 0 Å². The van der Waals surface area contributed by atoms with Crippen molar-refractivity contribution in [3.63, 3.8) is 0 Å². The predicted molar refractivity (Wildman–Crippen MR) is 57.7 cm³/mol. The van der Waals surface area contributed by atoms with E-state index in [9.17, 15) is 9.59 Å². The van der Waals surface area contributed by atoms with E-state index in [1.165, 1.54) is 0 Å². The lowest BCUT2D eigenvalue weighted by molar-refractivity contribution is -0.136. The van der Waals surface area contributed by atoms with Crippen molar-refractivity contribution in [2.75, 3.05) is 30.6 Å². The smallest absolute Gasteiger partial charge is 0.232 e. The molecule has 13 heavy (non-hydrogen) atoms. The van der Waals surface area contributed by atoms with Crippen LogP contribution in [0.1, 0.15) is 6.92 Å². The fourth-order valence-corrected chi connectivity index (χ4v) is 1.84. The molecule has 1 saturated heterocycles. The third-order valence-electron chi connectivity index (χ3n) is 2.19. The molecule has 0 aromatic rings. The summed E-state index contributed by atoms with van der Waals surface area (Å²) in [6, 6.07) is 0. The highest BCUT2D eigenvalue weighted by Gasteiger charge is 2.20. The zero-order valence-electron chi connectivity index (χ0n) is 7.62. The molecule has 0 aromatic heterocycles. The fraction of sp³-hybridized carbons (Fsp3) is 0.750. The summed E-state index contributed by atoms with van der Waals surface area (Å²) in [6.45, 7) is 4.29. The predicted octanol–water partition coefficient (Wildman–Crippen LogP) is 0.112. The first-order valence-electron chi connectivity index (χ1n) is 4.24. The Morgan fingerprint density at radius 2 is 1.62 bits per heavy atom. The third-order valence-corrected chi connectivity index (χ3v) is 2.84. The molecule has 0 spiro atoms. The molecule has 4 nitrogen and oxygen atoms in total. The molecular formula is C8H13IN2O2. The highest BCUT2D eigenvalue weighted by Crippen LogP contribution is 2.03. The Bertz CT molecular complexity index is 212. The molecular weight excluding hydrogens is 283 g/mol. The fourth-order valence-electron chi connectivity index (χ4n) is 1.36. The van der Waals surface area contributed by atoms with Gasteiger partial charge >= 0.3 is 0 Å². The summed E-state index contributed by atoms with van der Waals surface area (Å²) < 4.78 is 0.526. The SMILES string of the molecule is CC(=O)N1CCN(C(=O)CI)CC1. The van der Waals surface area contributed by atoms with E-state index < -0.39 is 0 Å². The van der Waals surface area contributed by atoms with Gasteiger partial charge in [-0.15, -0.1) is 0 Å². The second-order valence-corrected chi connectivity index (χ2v) is 3.78. The number of hydrogen-bond acceptors (Lipinski definition) is 2. The summed E-state index contributed by atoms with van der Waals surface area (Å²) in [5.41, 5.74) is 0. The molecule has 5 heteroatoms. The topological polar surface area (TPSA) is 40.6 Å². The van der Waals surface area contributed by atoms with Crippen LogP contribution in [0.25, 0.3) is 0 Å².